The van der Waals surface area contributed by atoms with Gasteiger partial charge in [-0.2, -0.15) is 0 Å². The molecule has 0 aromatic heterocycles. The van der Waals surface area contributed by atoms with Crippen molar-refractivity contribution in [3.05, 3.63) is 78.9 Å². The summed E-state index contributed by atoms with van der Waals surface area (Å²) < 4.78 is 18.4. The van der Waals surface area contributed by atoms with Crippen molar-refractivity contribution in [1.29, 1.82) is 0 Å². The number of anilines is 3. The minimum atomic E-state index is -0.972. The van der Waals surface area contributed by atoms with E-state index in [1.54, 1.807) is 21.3 Å². The molecule has 1 fully saturated rings. The minimum absolute atomic E-state index is 0.378. The van der Waals surface area contributed by atoms with Gasteiger partial charge in [-0.05, 0) is 97.3 Å². The summed E-state index contributed by atoms with van der Waals surface area (Å²) in [7, 11) is 1.31. The van der Waals surface area contributed by atoms with Gasteiger partial charge in [0, 0.05) is 17.1 Å². The maximum Gasteiger partial charge on any atom is 0.494 e. The van der Waals surface area contributed by atoms with Crippen molar-refractivity contribution < 1.29 is 19.1 Å². The number of hydrogen-bond donors (Lipinski definition) is 1. The van der Waals surface area contributed by atoms with E-state index < -0.39 is 18.3 Å². The molecule has 0 unspecified atom stereocenters. The highest BCUT2D eigenvalue weighted by Gasteiger charge is 2.51. The standard InChI is InChI=1S/C30H38B2NO4/c1-27(2,34)28(3,4)35-31-22-14-18-25(19-15-22)33(24-12-10-9-11-13-24)26-20-16-23(17-21-26)32-36-29(5,6)30(7,8)37-32/h9-21,34H,1-8H3. The summed E-state index contributed by atoms with van der Waals surface area (Å²) >= 11 is 0. The summed E-state index contributed by atoms with van der Waals surface area (Å²) in [6, 6.07) is 26.8. The van der Waals surface area contributed by atoms with Crippen molar-refractivity contribution in [2.45, 2.75) is 77.8 Å². The summed E-state index contributed by atoms with van der Waals surface area (Å²) in [5, 5.41) is 10.4. The van der Waals surface area contributed by atoms with Crippen molar-refractivity contribution in [2.24, 2.45) is 0 Å². The first-order valence-corrected chi connectivity index (χ1v) is 12.8. The number of nitrogens with zero attached hydrogens (tertiary/aromatic N) is 1. The fourth-order valence-electron chi connectivity index (χ4n) is 3.85. The second-order valence-electron chi connectivity index (χ2n) is 11.7. The van der Waals surface area contributed by atoms with E-state index >= 15 is 0 Å². The SMILES string of the molecule is CC(C)(O)C(C)(C)O[B]c1ccc(N(c2ccccc2)c2ccc(B3OC(C)(C)C(C)(C)O3)cc2)cc1. The lowest BCUT2D eigenvalue weighted by molar-refractivity contribution is -0.0893. The second kappa shape index (κ2) is 9.95. The van der Waals surface area contributed by atoms with Gasteiger partial charge in [-0.15, -0.1) is 0 Å². The molecule has 0 atom stereocenters. The predicted octanol–water partition coefficient (Wildman–Crippen LogP) is 5.27. The van der Waals surface area contributed by atoms with E-state index in [1.807, 2.05) is 44.2 Å². The lowest BCUT2D eigenvalue weighted by Crippen LogP contribution is -2.49. The molecule has 1 N–H and O–H groups in total. The first-order valence-electron chi connectivity index (χ1n) is 12.8. The van der Waals surface area contributed by atoms with E-state index in [1.165, 1.54) is 0 Å². The van der Waals surface area contributed by atoms with E-state index in [4.69, 9.17) is 14.0 Å². The molecule has 0 saturated carbocycles. The lowest BCUT2D eigenvalue weighted by atomic mass is 9.79. The molecule has 37 heavy (non-hydrogen) atoms. The Labute approximate surface area is 223 Å². The van der Waals surface area contributed by atoms with Gasteiger partial charge in [0.15, 0.2) is 0 Å². The molecule has 3 aromatic rings. The zero-order valence-electron chi connectivity index (χ0n) is 23.3. The Bertz CT molecular complexity index is 1170. The zero-order chi connectivity index (χ0) is 27.1. The monoisotopic (exact) mass is 498 g/mol. The number of para-hydroxylation sites is 1. The number of rotatable bonds is 8. The first-order chi connectivity index (χ1) is 17.2. The van der Waals surface area contributed by atoms with E-state index in [0.717, 1.165) is 28.0 Å². The molecule has 1 aliphatic rings. The van der Waals surface area contributed by atoms with Crippen LogP contribution in [0, 0.1) is 0 Å². The Hall–Kier alpha value is -2.57. The third-order valence-electron chi connectivity index (χ3n) is 7.81. The van der Waals surface area contributed by atoms with Crippen molar-refractivity contribution >= 4 is 42.6 Å². The van der Waals surface area contributed by atoms with Gasteiger partial charge >= 0.3 is 14.6 Å². The molecule has 0 amide bonds. The predicted molar refractivity (Wildman–Crippen MR) is 154 cm³/mol. The Balaban J connectivity index is 1.58. The van der Waals surface area contributed by atoms with E-state index in [9.17, 15) is 5.11 Å². The van der Waals surface area contributed by atoms with Gasteiger partial charge < -0.3 is 24.0 Å². The Kier molecular flexibility index (Phi) is 7.39. The van der Waals surface area contributed by atoms with Crippen LogP contribution in [0.15, 0.2) is 78.9 Å². The number of aliphatic hydroxyl groups is 1. The molecule has 5 nitrogen and oxygen atoms in total. The van der Waals surface area contributed by atoms with Crippen molar-refractivity contribution in [3.63, 3.8) is 0 Å². The number of benzene rings is 3. The molecular weight excluding hydrogens is 460 g/mol. The Morgan fingerprint density at radius 1 is 0.730 bits per heavy atom. The Morgan fingerprint density at radius 2 is 1.19 bits per heavy atom. The second-order valence-corrected chi connectivity index (χ2v) is 11.7. The fraction of sp³-hybridized carbons (Fsp3) is 0.400. The van der Waals surface area contributed by atoms with Gasteiger partial charge in [0.05, 0.1) is 22.4 Å². The molecule has 3 aromatic carbocycles. The van der Waals surface area contributed by atoms with Crippen LogP contribution in [-0.2, 0) is 14.0 Å². The first kappa shape index (κ1) is 27.5. The molecular formula is C30H38B2NO4. The van der Waals surface area contributed by atoms with Gasteiger partial charge in [-0.25, -0.2) is 0 Å². The normalized spacial score (nSPS) is 17.1. The van der Waals surface area contributed by atoms with Gasteiger partial charge in [0.1, 0.15) is 0 Å². The third-order valence-corrected chi connectivity index (χ3v) is 7.81. The largest absolute Gasteiger partial charge is 0.494 e. The summed E-state index contributed by atoms with van der Waals surface area (Å²) in [5.41, 5.74) is 2.57. The van der Waals surface area contributed by atoms with Crippen LogP contribution in [0.4, 0.5) is 17.1 Å². The average molecular weight is 498 g/mol. The van der Waals surface area contributed by atoms with Crippen molar-refractivity contribution in [3.8, 4) is 0 Å². The maximum atomic E-state index is 10.4. The Morgan fingerprint density at radius 3 is 1.68 bits per heavy atom. The summed E-state index contributed by atoms with van der Waals surface area (Å²) in [5.74, 6) is 0. The van der Waals surface area contributed by atoms with Gasteiger partial charge in [0.2, 0.25) is 0 Å². The molecule has 1 saturated heterocycles. The van der Waals surface area contributed by atoms with Crippen LogP contribution in [-0.4, -0.2) is 42.1 Å². The smallest absolute Gasteiger partial charge is 0.427 e. The van der Waals surface area contributed by atoms with Crippen LogP contribution in [0.3, 0.4) is 0 Å². The molecule has 0 spiro atoms. The van der Waals surface area contributed by atoms with Gasteiger partial charge in [-0.1, -0.05) is 47.9 Å². The van der Waals surface area contributed by atoms with Gasteiger partial charge in [0.25, 0.3) is 0 Å². The van der Waals surface area contributed by atoms with Crippen molar-refractivity contribution in [2.75, 3.05) is 4.90 Å². The summed E-state index contributed by atoms with van der Waals surface area (Å²) in [6.45, 7) is 15.5. The van der Waals surface area contributed by atoms with Crippen LogP contribution in [0.1, 0.15) is 55.4 Å². The zero-order valence-corrected chi connectivity index (χ0v) is 23.3. The van der Waals surface area contributed by atoms with Crippen LogP contribution < -0.4 is 15.8 Å². The highest BCUT2D eigenvalue weighted by Crippen LogP contribution is 2.37. The highest BCUT2D eigenvalue weighted by molar-refractivity contribution is 6.62. The topological polar surface area (TPSA) is 51.2 Å². The quantitative estimate of drug-likeness (QED) is 0.430. The minimum Gasteiger partial charge on any atom is -0.427 e. The average Bonchev–Trinajstić information content (AvgIpc) is 3.06. The van der Waals surface area contributed by atoms with E-state index in [0.29, 0.717) is 0 Å². The summed E-state index contributed by atoms with van der Waals surface area (Å²) in [4.78, 5) is 2.21. The molecule has 1 heterocycles. The van der Waals surface area contributed by atoms with Crippen LogP contribution >= 0.6 is 0 Å². The molecule has 4 rings (SSSR count). The van der Waals surface area contributed by atoms with Gasteiger partial charge in [-0.3, -0.25) is 0 Å². The van der Waals surface area contributed by atoms with Crippen LogP contribution in [0.5, 0.6) is 0 Å². The molecule has 1 aliphatic heterocycles. The third kappa shape index (κ3) is 5.80. The molecule has 7 heteroatoms. The number of hydrogen-bond acceptors (Lipinski definition) is 5. The van der Waals surface area contributed by atoms with Crippen LogP contribution in [0.25, 0.3) is 0 Å². The summed E-state index contributed by atoms with van der Waals surface area (Å²) in [6.07, 6.45) is 0. The maximum absolute atomic E-state index is 10.4. The molecule has 0 aliphatic carbocycles. The fourth-order valence-corrected chi connectivity index (χ4v) is 3.85. The van der Waals surface area contributed by atoms with E-state index in [2.05, 4.69) is 81.1 Å². The van der Waals surface area contributed by atoms with Crippen LogP contribution in [0.2, 0.25) is 0 Å². The lowest BCUT2D eigenvalue weighted by Gasteiger charge is -2.37. The van der Waals surface area contributed by atoms with E-state index in [-0.39, 0.29) is 11.2 Å². The highest BCUT2D eigenvalue weighted by atomic mass is 16.7. The molecule has 193 valence electrons. The molecule has 1 radical (unpaired) electrons. The molecule has 0 bridgehead atoms. The van der Waals surface area contributed by atoms with Crippen molar-refractivity contribution in [1.82, 2.24) is 0 Å².